The quantitative estimate of drug-likeness (QED) is 0.400. The Morgan fingerprint density at radius 2 is 1.96 bits per heavy atom. The Kier molecular flexibility index (Phi) is 5.33. The highest BCUT2D eigenvalue weighted by molar-refractivity contribution is 7.99. The molecule has 0 aliphatic heterocycles. The number of rotatable bonds is 7. The average molecular weight is 380 g/mol. The Bertz CT molecular complexity index is 958. The highest BCUT2D eigenvalue weighted by atomic mass is 32.2. The lowest BCUT2D eigenvalue weighted by molar-refractivity contribution is 0.485. The Morgan fingerprint density at radius 3 is 2.73 bits per heavy atom. The minimum Gasteiger partial charge on any atom is -0.467 e. The molecule has 4 nitrogen and oxygen atoms in total. The van der Waals surface area contributed by atoms with Gasteiger partial charge in [0.1, 0.15) is 5.76 Å². The zero-order valence-electron chi connectivity index (χ0n) is 14.0. The minimum atomic E-state index is 0.623. The lowest BCUT2D eigenvalue weighted by atomic mass is 10.2. The van der Waals surface area contributed by atoms with E-state index in [-0.39, 0.29) is 0 Å². The molecule has 0 aliphatic rings. The summed E-state index contributed by atoms with van der Waals surface area (Å²) >= 11 is 3.34. The van der Waals surface area contributed by atoms with E-state index in [0.29, 0.717) is 6.54 Å². The molecule has 0 unspecified atom stereocenters. The molecule has 4 aromatic rings. The Morgan fingerprint density at radius 1 is 1.04 bits per heavy atom. The molecule has 0 saturated heterocycles. The van der Waals surface area contributed by atoms with Crippen LogP contribution in [0.1, 0.15) is 11.3 Å². The molecule has 1 aromatic carbocycles. The van der Waals surface area contributed by atoms with Crippen molar-refractivity contribution in [2.45, 2.75) is 11.7 Å². The molecule has 0 saturated carbocycles. The monoisotopic (exact) mass is 379 g/mol. The normalized spacial score (nSPS) is 11.4. The molecule has 3 aromatic heterocycles. The molecule has 0 N–H and O–H groups in total. The van der Waals surface area contributed by atoms with Gasteiger partial charge in [0.25, 0.3) is 0 Å². The maximum absolute atomic E-state index is 5.52. The van der Waals surface area contributed by atoms with E-state index in [0.717, 1.165) is 27.4 Å². The third-order valence-corrected chi connectivity index (χ3v) is 5.56. The molecular formula is C20H17N3OS2. The fraction of sp³-hybridized carbons (Fsp3) is 0.100. The van der Waals surface area contributed by atoms with Gasteiger partial charge in [-0.25, -0.2) is 0 Å². The number of nitrogens with zero attached hydrogens (tertiary/aromatic N) is 3. The second kappa shape index (κ2) is 8.21. The first-order valence-electron chi connectivity index (χ1n) is 8.24. The molecular weight excluding hydrogens is 362 g/mol. The zero-order chi connectivity index (χ0) is 17.6. The number of hydrogen-bond donors (Lipinski definition) is 0. The van der Waals surface area contributed by atoms with Gasteiger partial charge in [0.15, 0.2) is 11.0 Å². The van der Waals surface area contributed by atoms with E-state index in [1.165, 1.54) is 5.56 Å². The van der Waals surface area contributed by atoms with Crippen molar-refractivity contribution in [3.8, 4) is 10.7 Å². The Balaban J connectivity index is 1.52. The predicted octanol–water partition coefficient (Wildman–Crippen LogP) is 5.45. The predicted molar refractivity (Wildman–Crippen MR) is 107 cm³/mol. The third kappa shape index (κ3) is 3.98. The molecule has 130 valence electrons. The molecule has 3 heterocycles. The molecule has 0 radical (unpaired) electrons. The lowest BCUT2D eigenvalue weighted by Gasteiger charge is -2.07. The van der Waals surface area contributed by atoms with Crippen molar-refractivity contribution in [2.75, 3.05) is 5.75 Å². The molecule has 0 bridgehead atoms. The van der Waals surface area contributed by atoms with Crippen LogP contribution in [0.5, 0.6) is 0 Å². The van der Waals surface area contributed by atoms with Crippen LogP contribution in [-0.4, -0.2) is 20.5 Å². The smallest absolute Gasteiger partial charge is 0.192 e. The Hall–Kier alpha value is -2.57. The first-order valence-corrected chi connectivity index (χ1v) is 10.1. The highest BCUT2D eigenvalue weighted by Gasteiger charge is 2.16. The maximum Gasteiger partial charge on any atom is 0.192 e. The van der Waals surface area contributed by atoms with Gasteiger partial charge in [-0.1, -0.05) is 60.3 Å². The van der Waals surface area contributed by atoms with Crippen LogP contribution in [0.25, 0.3) is 16.8 Å². The van der Waals surface area contributed by atoms with Crippen LogP contribution >= 0.6 is 23.1 Å². The number of thioether (sulfide) groups is 1. The van der Waals surface area contributed by atoms with E-state index < -0.39 is 0 Å². The average Bonchev–Trinajstić information content (AvgIpc) is 3.43. The summed E-state index contributed by atoms with van der Waals surface area (Å²) in [5.74, 6) is 2.60. The van der Waals surface area contributed by atoms with E-state index in [1.54, 1.807) is 29.4 Å². The first kappa shape index (κ1) is 16.9. The molecule has 0 fully saturated rings. The number of aromatic nitrogens is 3. The van der Waals surface area contributed by atoms with Gasteiger partial charge < -0.3 is 4.42 Å². The summed E-state index contributed by atoms with van der Waals surface area (Å²) < 4.78 is 7.64. The second-order valence-corrected chi connectivity index (χ2v) is 7.51. The maximum atomic E-state index is 5.52. The van der Waals surface area contributed by atoms with Gasteiger partial charge in [0.2, 0.25) is 0 Å². The Labute approximate surface area is 160 Å². The van der Waals surface area contributed by atoms with Crippen molar-refractivity contribution in [1.82, 2.24) is 14.8 Å². The fourth-order valence-electron chi connectivity index (χ4n) is 2.56. The number of hydrogen-bond acceptors (Lipinski definition) is 5. The van der Waals surface area contributed by atoms with Gasteiger partial charge >= 0.3 is 0 Å². The van der Waals surface area contributed by atoms with E-state index in [2.05, 4.69) is 50.5 Å². The summed E-state index contributed by atoms with van der Waals surface area (Å²) in [5.41, 5.74) is 1.20. The van der Waals surface area contributed by atoms with Gasteiger partial charge in [-0.3, -0.25) is 4.57 Å². The van der Waals surface area contributed by atoms with Gasteiger partial charge in [-0.15, -0.1) is 21.5 Å². The molecule has 0 aliphatic carbocycles. The number of furan rings is 1. The zero-order valence-corrected chi connectivity index (χ0v) is 15.6. The van der Waals surface area contributed by atoms with Crippen molar-refractivity contribution < 1.29 is 4.42 Å². The van der Waals surface area contributed by atoms with Crippen molar-refractivity contribution in [2.24, 2.45) is 0 Å². The van der Waals surface area contributed by atoms with E-state index in [4.69, 9.17) is 4.42 Å². The number of benzene rings is 1. The largest absolute Gasteiger partial charge is 0.467 e. The van der Waals surface area contributed by atoms with Crippen LogP contribution in [0.2, 0.25) is 0 Å². The molecule has 26 heavy (non-hydrogen) atoms. The van der Waals surface area contributed by atoms with Crippen LogP contribution in [0.15, 0.2) is 81.9 Å². The van der Waals surface area contributed by atoms with Crippen molar-refractivity contribution in [3.05, 3.63) is 83.6 Å². The van der Waals surface area contributed by atoms with Crippen LogP contribution < -0.4 is 0 Å². The summed E-state index contributed by atoms with van der Waals surface area (Å²) in [7, 11) is 0. The molecule has 0 atom stereocenters. The summed E-state index contributed by atoms with van der Waals surface area (Å²) in [6, 6.07) is 18.3. The SMILES string of the molecule is C(=Cc1ccccc1)CSc1nnc(-c2cccs2)n1Cc1ccco1. The summed E-state index contributed by atoms with van der Waals surface area (Å²) in [5, 5.41) is 11.8. The third-order valence-electron chi connectivity index (χ3n) is 3.77. The van der Waals surface area contributed by atoms with Crippen LogP contribution in [-0.2, 0) is 6.54 Å². The van der Waals surface area contributed by atoms with Crippen molar-refractivity contribution >= 4 is 29.2 Å². The van der Waals surface area contributed by atoms with Gasteiger partial charge in [-0.2, -0.15) is 0 Å². The topological polar surface area (TPSA) is 43.9 Å². The highest BCUT2D eigenvalue weighted by Crippen LogP contribution is 2.28. The summed E-state index contributed by atoms with van der Waals surface area (Å²) in [6.45, 7) is 0.623. The van der Waals surface area contributed by atoms with Crippen molar-refractivity contribution in [1.29, 1.82) is 0 Å². The molecule has 0 amide bonds. The van der Waals surface area contributed by atoms with Crippen LogP contribution in [0.3, 0.4) is 0 Å². The lowest BCUT2D eigenvalue weighted by Crippen LogP contribution is -2.02. The van der Waals surface area contributed by atoms with Crippen molar-refractivity contribution in [3.63, 3.8) is 0 Å². The van der Waals surface area contributed by atoms with Crippen LogP contribution in [0.4, 0.5) is 0 Å². The second-order valence-electron chi connectivity index (χ2n) is 5.57. The van der Waals surface area contributed by atoms with Crippen LogP contribution in [0, 0.1) is 0 Å². The molecule has 4 rings (SSSR count). The van der Waals surface area contributed by atoms with E-state index in [9.17, 15) is 0 Å². The van der Waals surface area contributed by atoms with Gasteiger partial charge in [-0.05, 0) is 29.1 Å². The standard InChI is InChI=1S/C20H17N3OS2/c1-2-7-16(8-3-1)9-5-14-26-20-22-21-19(18-11-6-13-25-18)23(20)15-17-10-4-12-24-17/h1-13H,14-15H2. The minimum absolute atomic E-state index is 0.623. The summed E-state index contributed by atoms with van der Waals surface area (Å²) in [6.07, 6.45) is 5.97. The molecule has 6 heteroatoms. The van der Waals surface area contributed by atoms with E-state index >= 15 is 0 Å². The van der Waals surface area contributed by atoms with E-state index in [1.807, 2.05) is 36.4 Å². The molecule has 0 spiro atoms. The fourth-order valence-corrected chi connectivity index (χ4v) is 4.02. The number of thiophene rings is 1. The summed E-state index contributed by atoms with van der Waals surface area (Å²) in [4.78, 5) is 1.11. The van der Waals surface area contributed by atoms with Gasteiger partial charge in [0.05, 0.1) is 17.7 Å². The first-order chi connectivity index (χ1) is 12.9. The van der Waals surface area contributed by atoms with Gasteiger partial charge in [0, 0.05) is 5.75 Å².